The molecule has 1 aromatic carbocycles. The number of para-hydroxylation sites is 1. The molecule has 0 saturated heterocycles. The van der Waals surface area contributed by atoms with E-state index in [0.717, 1.165) is 12.5 Å². The largest absolute Gasteiger partial charge is 0.384 e. The minimum atomic E-state index is 0.535. The maximum atomic E-state index is 4.88. The molecule has 0 bridgehead atoms. The Morgan fingerprint density at radius 1 is 1.21 bits per heavy atom. The van der Waals surface area contributed by atoms with Crippen molar-refractivity contribution in [2.45, 2.75) is 51.5 Å². The predicted molar refractivity (Wildman–Crippen MR) is 82.3 cm³/mol. The molecule has 1 fully saturated rings. The SMILES string of the molecule is CC1CCCCC1N=Cc1cccc2c1NCCC2. The zero-order valence-corrected chi connectivity index (χ0v) is 11.9. The smallest absolute Gasteiger partial charge is 0.0525 e. The molecule has 0 spiro atoms. The number of fused-ring (bicyclic) bond motifs is 1. The van der Waals surface area contributed by atoms with Crippen molar-refractivity contribution in [2.24, 2.45) is 10.9 Å². The summed E-state index contributed by atoms with van der Waals surface area (Å²) >= 11 is 0. The maximum Gasteiger partial charge on any atom is 0.0525 e. The Balaban J connectivity index is 1.79. The summed E-state index contributed by atoms with van der Waals surface area (Å²) in [6.45, 7) is 3.44. The summed E-state index contributed by atoms with van der Waals surface area (Å²) in [5, 5.41) is 3.54. The Morgan fingerprint density at radius 2 is 2.11 bits per heavy atom. The van der Waals surface area contributed by atoms with E-state index in [1.807, 2.05) is 0 Å². The first-order valence-electron chi connectivity index (χ1n) is 7.73. The summed E-state index contributed by atoms with van der Waals surface area (Å²) in [6.07, 6.45) is 9.89. The normalized spacial score (nSPS) is 27.0. The molecule has 2 heteroatoms. The van der Waals surface area contributed by atoms with Crippen LogP contribution in [0.25, 0.3) is 0 Å². The number of aliphatic imine (C=N–C) groups is 1. The molecule has 2 atom stereocenters. The zero-order chi connectivity index (χ0) is 13.1. The number of hydrogen-bond donors (Lipinski definition) is 1. The Kier molecular flexibility index (Phi) is 3.86. The third-order valence-electron chi connectivity index (χ3n) is 4.58. The van der Waals surface area contributed by atoms with E-state index in [9.17, 15) is 0 Å². The summed E-state index contributed by atoms with van der Waals surface area (Å²) < 4.78 is 0. The van der Waals surface area contributed by atoms with Crippen LogP contribution < -0.4 is 5.32 Å². The molecule has 0 radical (unpaired) electrons. The van der Waals surface area contributed by atoms with Gasteiger partial charge < -0.3 is 5.32 Å². The molecular formula is C17H24N2. The van der Waals surface area contributed by atoms with Crippen LogP contribution in [-0.2, 0) is 6.42 Å². The fourth-order valence-electron chi connectivity index (χ4n) is 3.34. The van der Waals surface area contributed by atoms with Crippen LogP contribution in [0, 0.1) is 5.92 Å². The molecule has 2 aliphatic rings. The molecule has 1 aliphatic carbocycles. The monoisotopic (exact) mass is 256 g/mol. The van der Waals surface area contributed by atoms with Crippen LogP contribution in [0.3, 0.4) is 0 Å². The number of hydrogen-bond acceptors (Lipinski definition) is 2. The second-order valence-electron chi connectivity index (χ2n) is 6.02. The van der Waals surface area contributed by atoms with Crippen LogP contribution in [0.4, 0.5) is 5.69 Å². The van der Waals surface area contributed by atoms with E-state index in [0.29, 0.717) is 6.04 Å². The number of anilines is 1. The highest BCUT2D eigenvalue weighted by molar-refractivity contribution is 5.89. The molecular weight excluding hydrogens is 232 g/mol. The molecule has 2 nitrogen and oxygen atoms in total. The standard InChI is InChI=1S/C17H24N2/c1-13-6-2-3-10-16(13)19-12-15-8-4-7-14-9-5-11-18-17(14)15/h4,7-8,12-13,16,18H,2-3,5-6,9-11H2,1H3. The lowest BCUT2D eigenvalue weighted by molar-refractivity contribution is 0.333. The van der Waals surface area contributed by atoms with Crippen LogP contribution in [0.5, 0.6) is 0 Å². The van der Waals surface area contributed by atoms with Gasteiger partial charge in [-0.25, -0.2) is 0 Å². The molecule has 1 aliphatic heterocycles. The molecule has 1 aromatic rings. The molecule has 0 aromatic heterocycles. The summed E-state index contributed by atoms with van der Waals surface area (Å²) in [4.78, 5) is 4.88. The Labute approximate surface area is 116 Å². The third-order valence-corrected chi connectivity index (χ3v) is 4.58. The lowest BCUT2D eigenvalue weighted by atomic mass is 9.86. The second-order valence-corrected chi connectivity index (χ2v) is 6.02. The van der Waals surface area contributed by atoms with Gasteiger partial charge >= 0.3 is 0 Å². The molecule has 0 amide bonds. The molecule has 2 unspecified atom stereocenters. The van der Waals surface area contributed by atoms with Crippen molar-refractivity contribution >= 4 is 11.9 Å². The van der Waals surface area contributed by atoms with Crippen molar-refractivity contribution in [1.29, 1.82) is 0 Å². The van der Waals surface area contributed by atoms with E-state index in [1.165, 1.54) is 55.3 Å². The minimum absolute atomic E-state index is 0.535. The number of nitrogens with zero attached hydrogens (tertiary/aromatic N) is 1. The van der Waals surface area contributed by atoms with Crippen molar-refractivity contribution < 1.29 is 0 Å². The second kappa shape index (κ2) is 5.77. The molecule has 3 rings (SSSR count). The van der Waals surface area contributed by atoms with Gasteiger partial charge in [0.25, 0.3) is 0 Å². The van der Waals surface area contributed by atoms with E-state index < -0.39 is 0 Å². The van der Waals surface area contributed by atoms with Crippen LogP contribution in [0.1, 0.15) is 50.2 Å². The van der Waals surface area contributed by atoms with Gasteiger partial charge in [-0.2, -0.15) is 0 Å². The van der Waals surface area contributed by atoms with Gasteiger partial charge in [-0.05, 0) is 37.2 Å². The number of nitrogens with one attached hydrogen (secondary N) is 1. The van der Waals surface area contributed by atoms with Gasteiger partial charge in [0.1, 0.15) is 0 Å². The van der Waals surface area contributed by atoms with Crippen LogP contribution in [0.15, 0.2) is 23.2 Å². The van der Waals surface area contributed by atoms with Crippen molar-refractivity contribution in [3.8, 4) is 0 Å². The molecule has 1 N–H and O–H groups in total. The van der Waals surface area contributed by atoms with E-state index >= 15 is 0 Å². The van der Waals surface area contributed by atoms with Gasteiger partial charge in [0, 0.05) is 24.0 Å². The molecule has 102 valence electrons. The Hall–Kier alpha value is -1.31. The first-order chi connectivity index (χ1) is 9.34. The van der Waals surface area contributed by atoms with E-state index in [4.69, 9.17) is 4.99 Å². The quantitative estimate of drug-likeness (QED) is 0.793. The fourth-order valence-corrected chi connectivity index (χ4v) is 3.34. The molecule has 1 saturated carbocycles. The van der Waals surface area contributed by atoms with Crippen molar-refractivity contribution in [1.82, 2.24) is 0 Å². The van der Waals surface area contributed by atoms with Crippen LogP contribution in [0.2, 0.25) is 0 Å². The van der Waals surface area contributed by atoms with Gasteiger partial charge in [0.05, 0.1) is 6.04 Å². The first kappa shape index (κ1) is 12.7. The highest BCUT2D eigenvalue weighted by atomic mass is 14.9. The summed E-state index contributed by atoms with van der Waals surface area (Å²) in [7, 11) is 0. The number of benzene rings is 1. The number of rotatable bonds is 2. The van der Waals surface area contributed by atoms with Crippen molar-refractivity contribution in [3.63, 3.8) is 0 Å². The fraction of sp³-hybridized carbons (Fsp3) is 0.588. The first-order valence-corrected chi connectivity index (χ1v) is 7.73. The molecule has 1 heterocycles. The number of aryl methyl sites for hydroxylation is 1. The molecule has 19 heavy (non-hydrogen) atoms. The maximum absolute atomic E-state index is 4.88. The van der Waals surface area contributed by atoms with E-state index in [1.54, 1.807) is 0 Å². The lowest BCUT2D eigenvalue weighted by Gasteiger charge is -2.25. The summed E-state index contributed by atoms with van der Waals surface area (Å²) in [5.41, 5.74) is 4.04. The van der Waals surface area contributed by atoms with Crippen molar-refractivity contribution in [2.75, 3.05) is 11.9 Å². The summed E-state index contributed by atoms with van der Waals surface area (Å²) in [5.74, 6) is 0.748. The zero-order valence-electron chi connectivity index (χ0n) is 11.9. The van der Waals surface area contributed by atoms with E-state index in [2.05, 4.69) is 36.7 Å². The average Bonchev–Trinajstić information content (AvgIpc) is 2.46. The van der Waals surface area contributed by atoms with Crippen LogP contribution >= 0.6 is 0 Å². The van der Waals surface area contributed by atoms with E-state index in [-0.39, 0.29) is 0 Å². The Bertz CT molecular complexity index is 464. The van der Waals surface area contributed by atoms with Gasteiger partial charge in [-0.1, -0.05) is 38.0 Å². The predicted octanol–water partition coefficient (Wildman–Crippen LogP) is 4.04. The van der Waals surface area contributed by atoms with Gasteiger partial charge in [-0.3, -0.25) is 4.99 Å². The highest BCUT2D eigenvalue weighted by Crippen LogP contribution is 2.28. The van der Waals surface area contributed by atoms with Crippen LogP contribution in [-0.4, -0.2) is 18.8 Å². The average molecular weight is 256 g/mol. The summed E-state index contributed by atoms with van der Waals surface area (Å²) in [6, 6.07) is 7.13. The van der Waals surface area contributed by atoms with Gasteiger partial charge in [0.15, 0.2) is 0 Å². The third kappa shape index (κ3) is 2.83. The van der Waals surface area contributed by atoms with Gasteiger partial charge in [0.2, 0.25) is 0 Å². The topological polar surface area (TPSA) is 24.4 Å². The lowest BCUT2D eigenvalue weighted by Crippen LogP contribution is -2.20. The minimum Gasteiger partial charge on any atom is -0.384 e. The highest BCUT2D eigenvalue weighted by Gasteiger charge is 2.20. The van der Waals surface area contributed by atoms with Gasteiger partial charge in [-0.15, -0.1) is 0 Å². The Morgan fingerprint density at radius 3 is 3.00 bits per heavy atom. The van der Waals surface area contributed by atoms with Crippen molar-refractivity contribution in [3.05, 3.63) is 29.3 Å².